The number of amides is 1. The molecule has 0 radical (unpaired) electrons. The molecule has 0 unspecified atom stereocenters. The third-order valence-corrected chi connectivity index (χ3v) is 4.96. The zero-order chi connectivity index (χ0) is 17.3. The Morgan fingerprint density at radius 2 is 2.12 bits per heavy atom. The Labute approximate surface area is 140 Å². The van der Waals surface area contributed by atoms with Gasteiger partial charge in [-0.2, -0.15) is 10.2 Å². The number of carbonyl (C=O) groups is 1. The molecule has 2 aromatic rings. The van der Waals surface area contributed by atoms with Crippen molar-refractivity contribution in [3.05, 3.63) is 33.8 Å². The van der Waals surface area contributed by atoms with Gasteiger partial charge in [-0.15, -0.1) is 0 Å². The number of carbonyl (C=O) groups excluding carboxylic acids is 1. The molecule has 8 heteroatoms. The molecule has 24 heavy (non-hydrogen) atoms. The number of rotatable bonds is 4. The predicted molar refractivity (Wildman–Crippen MR) is 88.7 cm³/mol. The molecule has 3 rings (SSSR count). The van der Waals surface area contributed by atoms with E-state index in [-0.39, 0.29) is 23.6 Å². The lowest BCUT2D eigenvalue weighted by Gasteiger charge is -2.32. The number of nitrogens with one attached hydrogen (secondary N) is 2. The first-order chi connectivity index (χ1) is 11.5. The SMILES string of the molecule is Cc1[nH]ncc1C(=O)N[C@@H]1CCCC[C@@H]1Cc1nn(C)c(=O)n1C. The first-order valence-corrected chi connectivity index (χ1v) is 8.37. The number of hydrogen-bond acceptors (Lipinski definition) is 4. The maximum atomic E-state index is 12.5. The summed E-state index contributed by atoms with van der Waals surface area (Å²) >= 11 is 0. The van der Waals surface area contributed by atoms with Crippen molar-refractivity contribution in [2.75, 3.05) is 0 Å². The summed E-state index contributed by atoms with van der Waals surface area (Å²) in [5.74, 6) is 0.969. The van der Waals surface area contributed by atoms with E-state index >= 15 is 0 Å². The molecule has 0 aliphatic heterocycles. The van der Waals surface area contributed by atoms with Crippen LogP contribution in [0.15, 0.2) is 11.0 Å². The molecule has 1 aliphatic carbocycles. The minimum Gasteiger partial charge on any atom is -0.349 e. The summed E-state index contributed by atoms with van der Waals surface area (Å²) in [5, 5.41) is 14.2. The zero-order valence-corrected chi connectivity index (χ0v) is 14.4. The Bertz CT molecular complexity index is 787. The van der Waals surface area contributed by atoms with Crippen LogP contribution in [0.25, 0.3) is 0 Å². The van der Waals surface area contributed by atoms with Gasteiger partial charge < -0.3 is 5.32 Å². The van der Waals surface area contributed by atoms with E-state index in [4.69, 9.17) is 0 Å². The molecular weight excluding hydrogens is 308 g/mol. The van der Waals surface area contributed by atoms with Gasteiger partial charge in [0.2, 0.25) is 0 Å². The third-order valence-electron chi connectivity index (χ3n) is 4.96. The average molecular weight is 332 g/mol. The molecule has 2 atom stereocenters. The Morgan fingerprint density at radius 3 is 2.75 bits per heavy atom. The Hall–Kier alpha value is -2.38. The molecule has 8 nitrogen and oxygen atoms in total. The molecule has 0 aromatic carbocycles. The minimum absolute atomic E-state index is 0.0898. The van der Waals surface area contributed by atoms with Crippen LogP contribution in [0.2, 0.25) is 0 Å². The molecule has 1 saturated carbocycles. The topological polar surface area (TPSA) is 97.6 Å². The lowest BCUT2D eigenvalue weighted by atomic mass is 9.82. The van der Waals surface area contributed by atoms with Crippen molar-refractivity contribution < 1.29 is 4.79 Å². The second-order valence-electron chi connectivity index (χ2n) is 6.62. The van der Waals surface area contributed by atoms with Gasteiger partial charge in [0, 0.05) is 32.3 Å². The Morgan fingerprint density at radius 1 is 1.38 bits per heavy atom. The van der Waals surface area contributed by atoms with Crippen LogP contribution in [0, 0.1) is 12.8 Å². The van der Waals surface area contributed by atoms with E-state index in [2.05, 4.69) is 20.6 Å². The minimum atomic E-state index is -0.115. The highest BCUT2D eigenvalue weighted by atomic mass is 16.2. The van der Waals surface area contributed by atoms with E-state index in [9.17, 15) is 9.59 Å². The number of H-pyrrole nitrogens is 1. The van der Waals surface area contributed by atoms with Crippen molar-refractivity contribution in [1.82, 2.24) is 29.9 Å². The van der Waals surface area contributed by atoms with Crippen LogP contribution in [0.1, 0.15) is 47.6 Å². The standard InChI is InChI=1S/C16H24N6O2/c1-10-12(9-17-19-10)15(23)18-13-7-5-4-6-11(13)8-14-20-22(3)16(24)21(14)2/h9,11,13H,4-8H2,1-3H3,(H,17,19)(H,18,23)/t11-,13-/m1/s1. The van der Waals surface area contributed by atoms with Crippen molar-refractivity contribution in [1.29, 1.82) is 0 Å². The molecule has 1 amide bonds. The highest BCUT2D eigenvalue weighted by Gasteiger charge is 2.29. The van der Waals surface area contributed by atoms with Crippen LogP contribution in [0.5, 0.6) is 0 Å². The monoisotopic (exact) mass is 332 g/mol. The number of hydrogen-bond donors (Lipinski definition) is 2. The summed E-state index contributed by atoms with van der Waals surface area (Å²) in [4.78, 5) is 24.3. The molecule has 2 heterocycles. The van der Waals surface area contributed by atoms with Gasteiger partial charge in [-0.25, -0.2) is 9.48 Å². The van der Waals surface area contributed by atoms with Gasteiger partial charge in [-0.1, -0.05) is 12.8 Å². The van der Waals surface area contributed by atoms with Crippen molar-refractivity contribution in [3.8, 4) is 0 Å². The summed E-state index contributed by atoms with van der Waals surface area (Å²) in [6, 6.07) is 0.0951. The largest absolute Gasteiger partial charge is 0.349 e. The highest BCUT2D eigenvalue weighted by Crippen LogP contribution is 2.27. The van der Waals surface area contributed by atoms with Crippen molar-refractivity contribution in [2.24, 2.45) is 20.0 Å². The molecular formula is C16H24N6O2. The van der Waals surface area contributed by atoms with Crippen molar-refractivity contribution in [3.63, 3.8) is 0 Å². The fraction of sp³-hybridized carbons (Fsp3) is 0.625. The van der Waals surface area contributed by atoms with Gasteiger partial charge in [0.15, 0.2) is 0 Å². The van der Waals surface area contributed by atoms with Crippen LogP contribution in [0.4, 0.5) is 0 Å². The van der Waals surface area contributed by atoms with E-state index in [1.807, 2.05) is 6.92 Å². The fourth-order valence-electron chi connectivity index (χ4n) is 3.49. The van der Waals surface area contributed by atoms with Gasteiger partial charge in [0.1, 0.15) is 5.82 Å². The summed E-state index contributed by atoms with van der Waals surface area (Å²) < 4.78 is 2.95. The van der Waals surface area contributed by atoms with E-state index in [0.29, 0.717) is 12.0 Å². The smallest absolute Gasteiger partial charge is 0.345 e. The van der Waals surface area contributed by atoms with E-state index < -0.39 is 0 Å². The third kappa shape index (κ3) is 3.13. The van der Waals surface area contributed by atoms with Gasteiger partial charge >= 0.3 is 5.69 Å². The van der Waals surface area contributed by atoms with E-state index in [1.54, 1.807) is 24.9 Å². The average Bonchev–Trinajstić information content (AvgIpc) is 3.09. The maximum Gasteiger partial charge on any atom is 0.345 e. The second-order valence-corrected chi connectivity index (χ2v) is 6.62. The van der Waals surface area contributed by atoms with Crippen LogP contribution in [-0.2, 0) is 20.5 Å². The predicted octanol–water partition coefficient (Wildman–Crippen LogP) is 0.682. The molecule has 0 spiro atoms. The zero-order valence-electron chi connectivity index (χ0n) is 14.4. The normalized spacial score (nSPS) is 21.0. The van der Waals surface area contributed by atoms with Crippen molar-refractivity contribution >= 4 is 5.91 Å². The van der Waals surface area contributed by atoms with E-state index in [0.717, 1.165) is 37.2 Å². The van der Waals surface area contributed by atoms with Gasteiger partial charge in [0.05, 0.1) is 11.8 Å². The summed E-state index contributed by atoms with van der Waals surface area (Å²) in [6.45, 7) is 1.84. The molecule has 130 valence electrons. The van der Waals surface area contributed by atoms with Crippen LogP contribution in [-0.4, -0.2) is 36.5 Å². The summed E-state index contributed by atoms with van der Waals surface area (Å²) in [7, 11) is 3.41. The number of nitrogens with zero attached hydrogens (tertiary/aromatic N) is 4. The summed E-state index contributed by atoms with van der Waals surface area (Å²) in [5.41, 5.74) is 1.24. The summed E-state index contributed by atoms with van der Waals surface area (Å²) in [6.07, 6.45) is 6.48. The molecule has 2 N–H and O–H groups in total. The van der Waals surface area contributed by atoms with Crippen LogP contribution in [0.3, 0.4) is 0 Å². The van der Waals surface area contributed by atoms with Crippen LogP contribution < -0.4 is 11.0 Å². The second kappa shape index (κ2) is 6.62. The molecule has 1 fully saturated rings. The number of aryl methyl sites for hydroxylation is 2. The fourth-order valence-corrected chi connectivity index (χ4v) is 3.49. The van der Waals surface area contributed by atoms with Crippen LogP contribution >= 0.6 is 0 Å². The molecule has 0 saturated heterocycles. The van der Waals surface area contributed by atoms with E-state index in [1.165, 1.54) is 4.68 Å². The highest BCUT2D eigenvalue weighted by molar-refractivity contribution is 5.95. The number of aromatic amines is 1. The first kappa shape index (κ1) is 16.5. The van der Waals surface area contributed by atoms with Gasteiger partial charge in [0.25, 0.3) is 5.91 Å². The van der Waals surface area contributed by atoms with Gasteiger partial charge in [-0.05, 0) is 25.7 Å². The van der Waals surface area contributed by atoms with Gasteiger partial charge in [-0.3, -0.25) is 14.5 Å². The molecule has 0 bridgehead atoms. The van der Waals surface area contributed by atoms with Crippen molar-refractivity contribution in [2.45, 2.75) is 45.1 Å². The first-order valence-electron chi connectivity index (χ1n) is 8.37. The maximum absolute atomic E-state index is 12.5. The lowest BCUT2D eigenvalue weighted by Crippen LogP contribution is -2.43. The Kier molecular flexibility index (Phi) is 4.55. The quantitative estimate of drug-likeness (QED) is 0.860. The molecule has 1 aliphatic rings. The Balaban J connectivity index is 1.73. The lowest BCUT2D eigenvalue weighted by molar-refractivity contribution is 0.0904. The molecule has 2 aromatic heterocycles. The number of aromatic nitrogens is 5.